The van der Waals surface area contributed by atoms with Gasteiger partial charge in [0.2, 0.25) is 0 Å². The van der Waals surface area contributed by atoms with Crippen LogP contribution in [-0.4, -0.2) is 11.2 Å². The number of allylic oxidation sites excluding steroid dienone is 2. The van der Waals surface area contributed by atoms with Crippen LogP contribution in [0.3, 0.4) is 0 Å². The number of hydrogen-bond acceptors (Lipinski definition) is 1. The third kappa shape index (κ3) is 7.80. The van der Waals surface area contributed by atoms with E-state index in [1.165, 1.54) is 6.42 Å². The zero-order chi connectivity index (χ0) is 9.23. The van der Waals surface area contributed by atoms with Gasteiger partial charge in [-0.1, -0.05) is 38.8 Å². The van der Waals surface area contributed by atoms with Gasteiger partial charge in [-0.05, 0) is 25.7 Å². The largest absolute Gasteiger partial charge is 0.393 e. The van der Waals surface area contributed by atoms with Gasteiger partial charge in [0, 0.05) is 0 Å². The van der Waals surface area contributed by atoms with Gasteiger partial charge in [0.05, 0.1) is 6.10 Å². The Kier molecular flexibility index (Phi) is 8.57. The van der Waals surface area contributed by atoms with E-state index in [0.717, 1.165) is 32.1 Å². The monoisotopic (exact) mass is 170 g/mol. The van der Waals surface area contributed by atoms with Crippen molar-refractivity contribution in [1.82, 2.24) is 0 Å². The van der Waals surface area contributed by atoms with Crippen LogP contribution in [0, 0.1) is 0 Å². The first-order chi connectivity index (χ1) is 5.81. The molecule has 0 aromatic rings. The maximum absolute atomic E-state index is 9.45. The zero-order valence-corrected chi connectivity index (χ0v) is 8.42. The summed E-state index contributed by atoms with van der Waals surface area (Å²) in [5.41, 5.74) is 0. The molecular formula is C11H22O. The summed E-state index contributed by atoms with van der Waals surface area (Å²) in [6, 6.07) is 0. The number of aliphatic hydroxyl groups excluding tert-OH is 1. The quantitative estimate of drug-likeness (QED) is 0.581. The maximum Gasteiger partial charge on any atom is 0.0543 e. The van der Waals surface area contributed by atoms with Crippen LogP contribution < -0.4 is 0 Å². The van der Waals surface area contributed by atoms with E-state index in [1.54, 1.807) is 0 Å². The predicted octanol–water partition coefficient (Wildman–Crippen LogP) is 3.28. The molecule has 0 saturated carbocycles. The van der Waals surface area contributed by atoms with E-state index in [9.17, 15) is 5.11 Å². The number of unbranched alkanes of at least 4 members (excludes halogenated alkanes) is 1. The Morgan fingerprint density at radius 2 is 1.92 bits per heavy atom. The van der Waals surface area contributed by atoms with Gasteiger partial charge in [0.25, 0.3) is 0 Å². The molecule has 0 saturated heterocycles. The highest BCUT2D eigenvalue weighted by Crippen LogP contribution is 2.06. The van der Waals surface area contributed by atoms with Gasteiger partial charge in [-0.2, -0.15) is 0 Å². The summed E-state index contributed by atoms with van der Waals surface area (Å²) in [6.07, 6.45) is 10.6. The summed E-state index contributed by atoms with van der Waals surface area (Å²) in [6.45, 7) is 4.29. The maximum atomic E-state index is 9.45. The molecule has 1 N–H and O–H groups in total. The SMILES string of the molecule is CCC=CCCC(O)CCCC. The molecule has 0 rings (SSSR count). The van der Waals surface area contributed by atoms with Crippen molar-refractivity contribution in [3.63, 3.8) is 0 Å². The van der Waals surface area contributed by atoms with Crippen LogP contribution in [0.2, 0.25) is 0 Å². The van der Waals surface area contributed by atoms with Crippen LogP contribution in [0.25, 0.3) is 0 Å². The van der Waals surface area contributed by atoms with Crippen molar-refractivity contribution < 1.29 is 5.11 Å². The third-order valence-corrected chi connectivity index (χ3v) is 1.96. The Labute approximate surface area is 76.5 Å². The number of rotatable bonds is 7. The molecule has 12 heavy (non-hydrogen) atoms. The minimum atomic E-state index is -0.0774. The topological polar surface area (TPSA) is 20.2 Å². The molecule has 0 aliphatic heterocycles. The summed E-state index contributed by atoms with van der Waals surface area (Å²) in [7, 11) is 0. The Morgan fingerprint density at radius 3 is 2.50 bits per heavy atom. The minimum absolute atomic E-state index is 0.0774. The average molecular weight is 170 g/mol. The van der Waals surface area contributed by atoms with E-state index in [0.29, 0.717) is 0 Å². The standard InChI is InChI=1S/C11H22O/c1-3-5-7-8-10-11(12)9-6-4-2/h5,7,11-12H,3-4,6,8-10H2,1-2H3. The molecule has 0 aromatic heterocycles. The molecule has 1 unspecified atom stereocenters. The van der Waals surface area contributed by atoms with E-state index in [4.69, 9.17) is 0 Å². The lowest BCUT2D eigenvalue weighted by Crippen LogP contribution is -2.04. The first-order valence-electron chi connectivity index (χ1n) is 5.14. The first kappa shape index (κ1) is 11.7. The molecule has 1 nitrogen and oxygen atoms in total. The summed E-state index contributed by atoms with van der Waals surface area (Å²) in [4.78, 5) is 0. The van der Waals surface area contributed by atoms with Gasteiger partial charge in [-0.3, -0.25) is 0 Å². The van der Waals surface area contributed by atoms with Crippen LogP contribution in [0.5, 0.6) is 0 Å². The Morgan fingerprint density at radius 1 is 1.17 bits per heavy atom. The second-order valence-corrected chi connectivity index (χ2v) is 3.25. The lowest BCUT2D eigenvalue weighted by Gasteiger charge is -2.06. The van der Waals surface area contributed by atoms with Crippen molar-refractivity contribution in [2.24, 2.45) is 0 Å². The molecule has 72 valence electrons. The average Bonchev–Trinajstić information content (AvgIpc) is 2.09. The van der Waals surface area contributed by atoms with Crippen LogP contribution >= 0.6 is 0 Å². The van der Waals surface area contributed by atoms with Crippen LogP contribution in [-0.2, 0) is 0 Å². The molecule has 0 radical (unpaired) electrons. The van der Waals surface area contributed by atoms with Crippen molar-refractivity contribution in [3.8, 4) is 0 Å². The molecule has 0 heterocycles. The third-order valence-electron chi connectivity index (χ3n) is 1.96. The molecule has 1 atom stereocenters. The fourth-order valence-electron chi connectivity index (χ4n) is 1.16. The highest BCUT2D eigenvalue weighted by atomic mass is 16.3. The highest BCUT2D eigenvalue weighted by Gasteiger charge is 2.00. The predicted molar refractivity (Wildman–Crippen MR) is 54.2 cm³/mol. The molecule has 1 heteroatoms. The van der Waals surface area contributed by atoms with Crippen molar-refractivity contribution >= 4 is 0 Å². The fraction of sp³-hybridized carbons (Fsp3) is 0.818. The number of hydrogen-bond donors (Lipinski definition) is 1. The van der Waals surface area contributed by atoms with Crippen molar-refractivity contribution in [2.75, 3.05) is 0 Å². The van der Waals surface area contributed by atoms with Crippen molar-refractivity contribution in [3.05, 3.63) is 12.2 Å². The van der Waals surface area contributed by atoms with Crippen molar-refractivity contribution in [2.45, 2.75) is 58.5 Å². The highest BCUT2D eigenvalue weighted by molar-refractivity contribution is 4.80. The van der Waals surface area contributed by atoms with Gasteiger partial charge in [0.1, 0.15) is 0 Å². The van der Waals surface area contributed by atoms with E-state index in [1.807, 2.05) is 0 Å². The van der Waals surface area contributed by atoms with Gasteiger partial charge >= 0.3 is 0 Å². The van der Waals surface area contributed by atoms with Gasteiger partial charge in [-0.25, -0.2) is 0 Å². The van der Waals surface area contributed by atoms with Gasteiger partial charge < -0.3 is 5.11 Å². The molecule has 0 spiro atoms. The lowest BCUT2D eigenvalue weighted by atomic mass is 10.1. The summed E-state index contributed by atoms with van der Waals surface area (Å²) in [5.74, 6) is 0. The first-order valence-corrected chi connectivity index (χ1v) is 5.14. The smallest absolute Gasteiger partial charge is 0.0543 e. The Balaban J connectivity index is 3.18. The molecule has 0 aromatic carbocycles. The molecule has 0 fully saturated rings. The molecule has 0 bridgehead atoms. The number of aliphatic hydroxyl groups is 1. The fourth-order valence-corrected chi connectivity index (χ4v) is 1.16. The summed E-state index contributed by atoms with van der Waals surface area (Å²) in [5, 5.41) is 9.45. The molecule has 0 aliphatic carbocycles. The second-order valence-electron chi connectivity index (χ2n) is 3.25. The van der Waals surface area contributed by atoms with Crippen LogP contribution in [0.4, 0.5) is 0 Å². The molecule has 0 aliphatic rings. The summed E-state index contributed by atoms with van der Waals surface area (Å²) < 4.78 is 0. The van der Waals surface area contributed by atoms with E-state index < -0.39 is 0 Å². The normalized spacial score (nSPS) is 13.9. The lowest BCUT2D eigenvalue weighted by molar-refractivity contribution is 0.153. The Hall–Kier alpha value is -0.300. The van der Waals surface area contributed by atoms with Crippen LogP contribution in [0.1, 0.15) is 52.4 Å². The van der Waals surface area contributed by atoms with E-state index in [-0.39, 0.29) is 6.10 Å². The summed E-state index contributed by atoms with van der Waals surface area (Å²) >= 11 is 0. The van der Waals surface area contributed by atoms with Gasteiger partial charge in [0.15, 0.2) is 0 Å². The van der Waals surface area contributed by atoms with Crippen molar-refractivity contribution in [1.29, 1.82) is 0 Å². The zero-order valence-electron chi connectivity index (χ0n) is 8.42. The Bertz CT molecular complexity index is 108. The second kappa shape index (κ2) is 8.79. The minimum Gasteiger partial charge on any atom is -0.393 e. The van der Waals surface area contributed by atoms with Gasteiger partial charge in [-0.15, -0.1) is 0 Å². The van der Waals surface area contributed by atoms with Crippen LogP contribution in [0.15, 0.2) is 12.2 Å². The molecule has 0 amide bonds. The molecular weight excluding hydrogens is 148 g/mol. The van der Waals surface area contributed by atoms with E-state index >= 15 is 0 Å². The van der Waals surface area contributed by atoms with E-state index in [2.05, 4.69) is 26.0 Å².